The number of nitrogens with one attached hydrogen (secondary N) is 4. The number of hydrazine groups is 2. The molecule has 0 aliphatic carbocycles. The second-order valence-electron chi connectivity index (χ2n) is 11.7. The first-order chi connectivity index (χ1) is 21.2. The molecule has 1 aliphatic rings. The highest BCUT2D eigenvalue weighted by molar-refractivity contribution is 7.99. The van der Waals surface area contributed by atoms with Crippen LogP contribution in [0.1, 0.15) is 48.0 Å². The van der Waals surface area contributed by atoms with E-state index < -0.39 is 10.0 Å². The van der Waals surface area contributed by atoms with E-state index in [-0.39, 0.29) is 22.8 Å². The predicted molar refractivity (Wildman–Crippen MR) is 180 cm³/mol. The van der Waals surface area contributed by atoms with E-state index >= 15 is 0 Å². The Bertz CT molecular complexity index is 1880. The summed E-state index contributed by atoms with van der Waals surface area (Å²) in [5.74, 6) is -0.162. The van der Waals surface area contributed by atoms with Gasteiger partial charge in [-0.1, -0.05) is 56.8 Å². The molecule has 13 heteroatoms. The summed E-state index contributed by atoms with van der Waals surface area (Å²) in [4.78, 5) is 19.3. The van der Waals surface area contributed by atoms with Crippen molar-refractivity contribution in [3.8, 4) is 5.75 Å². The summed E-state index contributed by atoms with van der Waals surface area (Å²) in [5, 5.41) is 5.60. The van der Waals surface area contributed by atoms with E-state index in [4.69, 9.17) is 4.74 Å². The maximum atomic E-state index is 13.6. The van der Waals surface area contributed by atoms with Crippen LogP contribution >= 0.6 is 11.8 Å². The molecule has 0 saturated carbocycles. The van der Waals surface area contributed by atoms with Crippen molar-refractivity contribution in [2.24, 2.45) is 7.05 Å². The molecule has 1 aromatic heterocycles. The number of carbonyl (C=O) groups excluding carboxylic acids is 1. The first-order valence-electron chi connectivity index (χ1n) is 14.1. The quantitative estimate of drug-likeness (QED) is 0.183. The van der Waals surface area contributed by atoms with Crippen LogP contribution in [0.25, 0.3) is 5.70 Å². The van der Waals surface area contributed by atoms with Gasteiger partial charge in [-0.05, 0) is 59.9 Å². The molecule has 236 valence electrons. The number of anilines is 3. The molecule has 11 nitrogen and oxygen atoms in total. The lowest BCUT2D eigenvalue weighted by Crippen LogP contribution is -2.36. The number of hydrogen-bond donors (Lipinski definition) is 4. The van der Waals surface area contributed by atoms with Crippen LogP contribution in [-0.2, 0) is 22.5 Å². The van der Waals surface area contributed by atoms with E-state index in [1.807, 2.05) is 93.1 Å². The Kier molecular flexibility index (Phi) is 8.88. The van der Waals surface area contributed by atoms with E-state index in [9.17, 15) is 13.2 Å². The molecular weight excluding hydrogens is 611 g/mol. The molecule has 0 fully saturated rings. The van der Waals surface area contributed by atoms with Crippen LogP contribution in [0.15, 0.2) is 83.1 Å². The van der Waals surface area contributed by atoms with Crippen molar-refractivity contribution in [2.45, 2.75) is 43.2 Å². The number of hydrogen-bond acceptors (Lipinski definition) is 9. The zero-order valence-corrected chi connectivity index (χ0v) is 27.9. The number of carbonyl (C=O) groups is 1. The topological polar surface area (TPSA) is 130 Å². The summed E-state index contributed by atoms with van der Waals surface area (Å²) in [6.45, 7) is 7.97. The molecule has 4 aromatic rings. The number of sulfonamides is 1. The Labute approximate surface area is 268 Å². The Morgan fingerprint density at radius 1 is 1.04 bits per heavy atom. The smallest absolute Gasteiger partial charge is 0.255 e. The molecule has 0 radical (unpaired) electrons. The summed E-state index contributed by atoms with van der Waals surface area (Å²) in [5.41, 5.74) is 11.3. The number of aryl methyl sites for hydroxylation is 1. The maximum Gasteiger partial charge on any atom is 0.255 e. The molecule has 0 spiro atoms. The number of ether oxygens (including phenoxy) is 1. The van der Waals surface area contributed by atoms with Gasteiger partial charge < -0.3 is 14.6 Å². The van der Waals surface area contributed by atoms with Crippen molar-refractivity contribution in [2.75, 3.05) is 28.4 Å². The zero-order chi connectivity index (χ0) is 32.5. The van der Waals surface area contributed by atoms with Gasteiger partial charge in [0, 0.05) is 17.5 Å². The van der Waals surface area contributed by atoms with Gasteiger partial charge >= 0.3 is 0 Å². The highest BCUT2D eigenvalue weighted by atomic mass is 32.2. The van der Waals surface area contributed by atoms with Gasteiger partial charge in [0.05, 0.1) is 54.2 Å². The Hall–Kier alpha value is -4.46. The van der Waals surface area contributed by atoms with Crippen LogP contribution in [0.3, 0.4) is 0 Å². The number of imidazole rings is 1. The van der Waals surface area contributed by atoms with Gasteiger partial charge in [-0.2, -0.15) is 0 Å². The molecule has 0 saturated heterocycles. The molecule has 0 bridgehead atoms. The van der Waals surface area contributed by atoms with E-state index in [0.717, 1.165) is 44.5 Å². The molecule has 1 amide bonds. The lowest BCUT2D eigenvalue weighted by molar-refractivity contribution is 0.102. The zero-order valence-electron chi connectivity index (χ0n) is 26.2. The highest BCUT2D eigenvalue weighted by Gasteiger charge is 2.24. The third kappa shape index (κ3) is 7.27. The predicted octanol–water partition coefficient (Wildman–Crippen LogP) is 5.64. The van der Waals surface area contributed by atoms with Crippen LogP contribution in [0.4, 0.5) is 17.1 Å². The van der Waals surface area contributed by atoms with Gasteiger partial charge in [0.15, 0.2) is 10.9 Å². The fraction of sp³-hybridized carbons (Fsp3) is 0.250. The first kappa shape index (κ1) is 31.9. The van der Waals surface area contributed by atoms with Gasteiger partial charge in [0.1, 0.15) is 0 Å². The summed E-state index contributed by atoms with van der Waals surface area (Å²) >= 11 is 1.58. The molecule has 0 atom stereocenters. The van der Waals surface area contributed by atoms with Crippen LogP contribution in [-0.4, -0.2) is 37.2 Å². The van der Waals surface area contributed by atoms with Gasteiger partial charge in [0.2, 0.25) is 10.0 Å². The third-order valence-electron chi connectivity index (χ3n) is 7.18. The van der Waals surface area contributed by atoms with Crippen molar-refractivity contribution in [3.63, 3.8) is 0 Å². The van der Waals surface area contributed by atoms with Crippen molar-refractivity contribution in [3.05, 3.63) is 95.4 Å². The minimum absolute atomic E-state index is 0.216. The molecule has 45 heavy (non-hydrogen) atoms. The van der Waals surface area contributed by atoms with Gasteiger partial charge in [-0.25, -0.2) is 13.4 Å². The summed E-state index contributed by atoms with van der Waals surface area (Å²) in [6.07, 6.45) is 4.80. The molecule has 5 rings (SSSR count). The number of aromatic nitrogens is 2. The minimum Gasteiger partial charge on any atom is -0.492 e. The Morgan fingerprint density at radius 2 is 1.76 bits per heavy atom. The number of amides is 1. The number of benzene rings is 3. The average molecular weight is 648 g/mol. The van der Waals surface area contributed by atoms with E-state index in [1.165, 1.54) is 7.11 Å². The van der Waals surface area contributed by atoms with Crippen LogP contribution < -0.4 is 30.7 Å². The minimum atomic E-state index is -3.60. The average Bonchev–Trinajstić information content (AvgIpc) is 3.59. The lowest BCUT2D eigenvalue weighted by Gasteiger charge is -2.24. The SMILES string of the molecule is COc1c(NC(=O)c2ccc(C)c(N3C=C(c4cnc(Sc5ccccc5)n4C)NN3)c2)cc(C(C)(C)C)cc1NS(C)(=O)=O. The summed E-state index contributed by atoms with van der Waals surface area (Å²) < 4.78 is 34.3. The van der Waals surface area contributed by atoms with Gasteiger partial charge in [-0.3, -0.25) is 20.0 Å². The molecule has 0 unspecified atom stereocenters. The second kappa shape index (κ2) is 12.5. The molecule has 1 aliphatic heterocycles. The standard InChI is InChI=1S/C32H37N7O4S2/c1-20-13-14-21(30(40)34-24-16-22(32(2,3)4)17-25(29(24)43-6)36-45(7,41)42)15-27(20)39-19-26(35-37-39)28-18-33-31(38(28)5)44-23-11-9-8-10-12-23/h8-19,35-37H,1-7H3,(H,34,40). The lowest BCUT2D eigenvalue weighted by atomic mass is 9.86. The van der Waals surface area contributed by atoms with Crippen molar-refractivity contribution in [1.82, 2.24) is 20.5 Å². The molecule has 2 heterocycles. The van der Waals surface area contributed by atoms with Crippen molar-refractivity contribution < 1.29 is 17.9 Å². The summed E-state index contributed by atoms with van der Waals surface area (Å²) in [7, 11) is -0.205. The highest BCUT2D eigenvalue weighted by Crippen LogP contribution is 2.39. The van der Waals surface area contributed by atoms with E-state index in [2.05, 4.69) is 26.0 Å². The number of nitrogens with zero attached hydrogens (tertiary/aromatic N) is 3. The molecule has 4 N–H and O–H groups in total. The molecule has 3 aromatic carbocycles. The first-order valence-corrected chi connectivity index (χ1v) is 16.8. The second-order valence-corrected chi connectivity index (χ2v) is 14.5. The van der Waals surface area contributed by atoms with Crippen molar-refractivity contribution in [1.29, 1.82) is 0 Å². The fourth-order valence-corrected chi connectivity index (χ4v) is 6.16. The number of rotatable bonds is 9. The van der Waals surface area contributed by atoms with Crippen molar-refractivity contribution >= 4 is 50.5 Å². The third-order valence-corrected chi connectivity index (χ3v) is 8.84. The largest absolute Gasteiger partial charge is 0.492 e. The summed E-state index contributed by atoms with van der Waals surface area (Å²) in [6, 6.07) is 19.0. The maximum absolute atomic E-state index is 13.6. The Balaban J connectivity index is 1.41. The van der Waals surface area contributed by atoms with Crippen LogP contribution in [0.2, 0.25) is 0 Å². The monoisotopic (exact) mass is 647 g/mol. The number of methoxy groups -OCH3 is 1. The van der Waals surface area contributed by atoms with Gasteiger partial charge in [0.25, 0.3) is 5.91 Å². The van der Waals surface area contributed by atoms with Gasteiger partial charge in [-0.15, -0.1) is 5.53 Å². The van der Waals surface area contributed by atoms with E-state index in [0.29, 0.717) is 11.3 Å². The van der Waals surface area contributed by atoms with E-state index in [1.54, 1.807) is 36.0 Å². The normalized spacial score (nSPS) is 13.3. The Morgan fingerprint density at radius 3 is 2.42 bits per heavy atom. The van der Waals surface area contributed by atoms with Crippen LogP contribution in [0.5, 0.6) is 5.75 Å². The van der Waals surface area contributed by atoms with Crippen LogP contribution in [0, 0.1) is 6.92 Å². The molecular formula is C32H37N7O4S2. The fourth-order valence-electron chi connectivity index (χ4n) is 4.76.